The molecule has 2 aliphatic rings. The van der Waals surface area contributed by atoms with Crippen molar-refractivity contribution in [2.45, 2.75) is 44.2 Å². The summed E-state index contributed by atoms with van der Waals surface area (Å²) in [6.07, 6.45) is 3.25. The summed E-state index contributed by atoms with van der Waals surface area (Å²) in [6, 6.07) is 6.87. The van der Waals surface area contributed by atoms with E-state index in [4.69, 9.17) is 16.3 Å². The van der Waals surface area contributed by atoms with Gasteiger partial charge in [0.25, 0.3) is 5.91 Å². The Morgan fingerprint density at radius 1 is 1.21 bits per heavy atom. The number of ether oxygens (including phenoxy) is 1. The molecule has 0 atom stereocenters. The number of halogens is 1. The van der Waals surface area contributed by atoms with Gasteiger partial charge in [0.05, 0.1) is 23.3 Å². The summed E-state index contributed by atoms with van der Waals surface area (Å²) in [5.41, 5.74) is -0.302. The summed E-state index contributed by atoms with van der Waals surface area (Å²) >= 11 is 6.00. The lowest BCUT2D eigenvalue weighted by molar-refractivity contribution is -0.153. The standard InChI is InChI=1S/C20H26ClN3O4/c1-14(25)23-20(8-4-5-9-20)19(27)24-12-15(13-24)28-11-10-22-18(26)16-6-2-3-7-17(16)21/h2-3,6-7,15H,4-5,8-13H2,1H3,(H,22,26)(H,23,25). The van der Waals surface area contributed by atoms with Gasteiger partial charge < -0.3 is 20.3 Å². The molecule has 2 fully saturated rings. The quantitative estimate of drug-likeness (QED) is 0.674. The van der Waals surface area contributed by atoms with E-state index in [2.05, 4.69) is 10.6 Å². The van der Waals surface area contributed by atoms with E-state index < -0.39 is 5.54 Å². The van der Waals surface area contributed by atoms with Gasteiger partial charge in [0.1, 0.15) is 5.54 Å². The third-order valence-corrected chi connectivity index (χ3v) is 5.61. The number of carbonyl (C=O) groups is 3. The van der Waals surface area contributed by atoms with Crippen LogP contribution in [0.4, 0.5) is 0 Å². The lowest BCUT2D eigenvalue weighted by atomic mass is 9.93. The lowest BCUT2D eigenvalue weighted by Gasteiger charge is -2.43. The first-order valence-electron chi connectivity index (χ1n) is 9.64. The average molecular weight is 408 g/mol. The molecule has 0 radical (unpaired) electrons. The van der Waals surface area contributed by atoms with Crippen LogP contribution in [0.2, 0.25) is 5.02 Å². The van der Waals surface area contributed by atoms with Crippen molar-refractivity contribution in [2.75, 3.05) is 26.2 Å². The van der Waals surface area contributed by atoms with Gasteiger partial charge in [0.2, 0.25) is 11.8 Å². The van der Waals surface area contributed by atoms with Crippen molar-refractivity contribution in [3.8, 4) is 0 Å². The Labute approximate surface area is 169 Å². The molecule has 3 rings (SSSR count). The van der Waals surface area contributed by atoms with Crippen LogP contribution < -0.4 is 10.6 Å². The number of amides is 3. The first-order valence-corrected chi connectivity index (χ1v) is 10.0. The highest BCUT2D eigenvalue weighted by atomic mass is 35.5. The molecule has 152 valence electrons. The maximum absolute atomic E-state index is 12.8. The number of nitrogens with one attached hydrogen (secondary N) is 2. The molecule has 0 bridgehead atoms. The number of rotatable bonds is 7. The Morgan fingerprint density at radius 2 is 1.89 bits per heavy atom. The number of nitrogens with zero attached hydrogens (tertiary/aromatic N) is 1. The van der Waals surface area contributed by atoms with E-state index >= 15 is 0 Å². The lowest BCUT2D eigenvalue weighted by Crippen LogP contribution is -2.65. The second kappa shape index (κ2) is 8.92. The summed E-state index contributed by atoms with van der Waals surface area (Å²) in [4.78, 5) is 38.1. The zero-order valence-corrected chi connectivity index (χ0v) is 16.8. The van der Waals surface area contributed by atoms with Gasteiger partial charge >= 0.3 is 0 Å². The first-order chi connectivity index (χ1) is 13.4. The van der Waals surface area contributed by atoms with E-state index in [0.717, 1.165) is 12.8 Å². The molecule has 3 amide bonds. The molecule has 7 nitrogen and oxygen atoms in total. The Bertz CT molecular complexity index is 743. The van der Waals surface area contributed by atoms with Crippen LogP contribution in [0.1, 0.15) is 43.0 Å². The number of carbonyl (C=O) groups excluding carboxylic acids is 3. The van der Waals surface area contributed by atoms with Crippen molar-refractivity contribution in [1.29, 1.82) is 0 Å². The highest BCUT2D eigenvalue weighted by molar-refractivity contribution is 6.33. The van der Waals surface area contributed by atoms with E-state index in [1.807, 2.05) is 0 Å². The summed E-state index contributed by atoms with van der Waals surface area (Å²) < 4.78 is 5.72. The van der Waals surface area contributed by atoms with Gasteiger partial charge in [-0.2, -0.15) is 0 Å². The molecule has 28 heavy (non-hydrogen) atoms. The molecule has 0 unspecified atom stereocenters. The second-order valence-corrected chi connectivity index (χ2v) is 7.82. The summed E-state index contributed by atoms with van der Waals surface area (Å²) in [5, 5.41) is 6.06. The van der Waals surface area contributed by atoms with Crippen molar-refractivity contribution in [2.24, 2.45) is 0 Å². The smallest absolute Gasteiger partial charge is 0.252 e. The summed E-state index contributed by atoms with van der Waals surface area (Å²) in [6.45, 7) is 3.20. The molecule has 1 aromatic carbocycles. The second-order valence-electron chi connectivity index (χ2n) is 7.41. The Morgan fingerprint density at radius 3 is 2.54 bits per heavy atom. The normalized spacial score (nSPS) is 18.4. The molecule has 8 heteroatoms. The van der Waals surface area contributed by atoms with Crippen LogP contribution in [0.15, 0.2) is 24.3 Å². The summed E-state index contributed by atoms with van der Waals surface area (Å²) in [7, 11) is 0. The van der Waals surface area contributed by atoms with Crippen LogP contribution in [0.3, 0.4) is 0 Å². The monoisotopic (exact) mass is 407 g/mol. The molecule has 1 aliphatic heterocycles. The highest BCUT2D eigenvalue weighted by Crippen LogP contribution is 2.33. The minimum Gasteiger partial charge on any atom is -0.373 e. The molecule has 1 saturated carbocycles. The van der Waals surface area contributed by atoms with Gasteiger partial charge in [0.15, 0.2) is 0 Å². The van der Waals surface area contributed by atoms with Crippen LogP contribution in [0.25, 0.3) is 0 Å². The van der Waals surface area contributed by atoms with Crippen LogP contribution in [0, 0.1) is 0 Å². The summed E-state index contributed by atoms with van der Waals surface area (Å²) in [5.74, 6) is -0.414. The van der Waals surface area contributed by atoms with E-state index in [9.17, 15) is 14.4 Å². The molecule has 1 aromatic rings. The third kappa shape index (κ3) is 4.64. The third-order valence-electron chi connectivity index (χ3n) is 5.28. The zero-order chi connectivity index (χ0) is 20.1. The zero-order valence-electron chi connectivity index (χ0n) is 16.0. The Hall–Kier alpha value is -2.12. The molecule has 1 heterocycles. The predicted molar refractivity (Wildman–Crippen MR) is 105 cm³/mol. The maximum atomic E-state index is 12.8. The van der Waals surface area contributed by atoms with Crippen LogP contribution in [-0.4, -0.2) is 60.5 Å². The Kier molecular flexibility index (Phi) is 6.57. The van der Waals surface area contributed by atoms with Crippen molar-refractivity contribution < 1.29 is 19.1 Å². The van der Waals surface area contributed by atoms with Gasteiger partial charge in [-0.1, -0.05) is 36.6 Å². The largest absolute Gasteiger partial charge is 0.373 e. The fourth-order valence-corrected chi connectivity index (χ4v) is 4.07. The average Bonchev–Trinajstić information content (AvgIpc) is 3.08. The van der Waals surface area contributed by atoms with Gasteiger partial charge in [0, 0.05) is 26.6 Å². The van der Waals surface area contributed by atoms with Gasteiger partial charge in [-0.05, 0) is 25.0 Å². The van der Waals surface area contributed by atoms with E-state index in [1.165, 1.54) is 6.92 Å². The van der Waals surface area contributed by atoms with E-state index in [0.29, 0.717) is 49.7 Å². The van der Waals surface area contributed by atoms with E-state index in [1.54, 1.807) is 29.2 Å². The molecule has 1 saturated heterocycles. The first kappa shape index (κ1) is 20.6. The number of hydrogen-bond donors (Lipinski definition) is 2. The molecular weight excluding hydrogens is 382 g/mol. The molecule has 0 aromatic heterocycles. The van der Waals surface area contributed by atoms with Crippen LogP contribution in [-0.2, 0) is 14.3 Å². The predicted octanol–water partition coefficient (Wildman–Crippen LogP) is 1.75. The van der Waals surface area contributed by atoms with Crippen molar-refractivity contribution >= 4 is 29.3 Å². The minimum absolute atomic E-state index is 0.00734. The molecule has 1 aliphatic carbocycles. The van der Waals surface area contributed by atoms with Gasteiger partial charge in [-0.3, -0.25) is 14.4 Å². The fourth-order valence-electron chi connectivity index (χ4n) is 3.85. The van der Waals surface area contributed by atoms with Crippen LogP contribution >= 0.6 is 11.6 Å². The van der Waals surface area contributed by atoms with Gasteiger partial charge in [-0.25, -0.2) is 0 Å². The molecule has 0 spiro atoms. The number of likely N-dealkylation sites (tertiary alicyclic amines) is 1. The molecule has 2 N–H and O–H groups in total. The highest BCUT2D eigenvalue weighted by Gasteiger charge is 2.47. The number of hydrogen-bond acceptors (Lipinski definition) is 4. The van der Waals surface area contributed by atoms with Crippen molar-refractivity contribution in [3.63, 3.8) is 0 Å². The van der Waals surface area contributed by atoms with Gasteiger partial charge in [-0.15, -0.1) is 0 Å². The fraction of sp³-hybridized carbons (Fsp3) is 0.550. The minimum atomic E-state index is -0.736. The van der Waals surface area contributed by atoms with Crippen LogP contribution in [0.5, 0.6) is 0 Å². The maximum Gasteiger partial charge on any atom is 0.252 e. The topological polar surface area (TPSA) is 87.7 Å². The number of benzene rings is 1. The SMILES string of the molecule is CC(=O)NC1(C(=O)N2CC(OCCNC(=O)c3ccccc3Cl)C2)CCCC1. The van der Waals surface area contributed by atoms with Crippen molar-refractivity contribution in [1.82, 2.24) is 15.5 Å². The van der Waals surface area contributed by atoms with E-state index in [-0.39, 0.29) is 23.8 Å². The molecular formula is C20H26ClN3O4. The Balaban J connectivity index is 1.38. The van der Waals surface area contributed by atoms with Crippen molar-refractivity contribution in [3.05, 3.63) is 34.9 Å².